The lowest BCUT2D eigenvalue weighted by molar-refractivity contribution is 0.0642. The Morgan fingerprint density at radius 1 is 1.14 bits per heavy atom. The number of rotatable bonds is 1. The molecule has 0 saturated carbocycles. The second kappa shape index (κ2) is 4.65. The van der Waals surface area contributed by atoms with Crippen LogP contribution in [0.15, 0.2) is 36.4 Å². The third-order valence-electron chi connectivity index (χ3n) is 4.93. The number of aromatic carboxylic acids is 1. The summed E-state index contributed by atoms with van der Waals surface area (Å²) in [5.41, 5.74) is 3.26. The van der Waals surface area contributed by atoms with Gasteiger partial charge in [-0.25, -0.2) is 9.18 Å². The van der Waals surface area contributed by atoms with E-state index in [2.05, 4.69) is 0 Å². The molecule has 3 nitrogen and oxygen atoms in total. The molecule has 0 atom stereocenters. The summed E-state index contributed by atoms with van der Waals surface area (Å²) in [6.07, 6.45) is 1.50. The van der Waals surface area contributed by atoms with Gasteiger partial charge >= 0.3 is 5.97 Å². The zero-order valence-electron chi connectivity index (χ0n) is 11.9. The van der Waals surface area contributed by atoms with Crippen LogP contribution in [0.25, 0.3) is 11.1 Å². The van der Waals surface area contributed by atoms with E-state index in [0.29, 0.717) is 18.8 Å². The fourth-order valence-electron chi connectivity index (χ4n) is 3.89. The van der Waals surface area contributed by atoms with E-state index >= 15 is 0 Å². The van der Waals surface area contributed by atoms with Crippen molar-refractivity contribution in [3.05, 3.63) is 58.9 Å². The highest BCUT2D eigenvalue weighted by atomic mass is 19.1. The van der Waals surface area contributed by atoms with Gasteiger partial charge in [-0.05, 0) is 47.7 Å². The number of carboxylic acid groups (broad SMARTS) is 1. The van der Waals surface area contributed by atoms with Crippen LogP contribution in [0.4, 0.5) is 4.39 Å². The molecule has 1 saturated heterocycles. The maximum absolute atomic E-state index is 14.4. The van der Waals surface area contributed by atoms with Gasteiger partial charge in [0.2, 0.25) is 0 Å². The second-order valence-electron chi connectivity index (χ2n) is 5.92. The summed E-state index contributed by atoms with van der Waals surface area (Å²) in [5, 5.41) is 9.28. The summed E-state index contributed by atoms with van der Waals surface area (Å²) in [7, 11) is 0. The Labute approximate surface area is 127 Å². The smallest absolute Gasteiger partial charge is 0.335 e. The molecule has 1 aliphatic heterocycles. The van der Waals surface area contributed by atoms with E-state index in [-0.39, 0.29) is 16.8 Å². The van der Waals surface area contributed by atoms with Crippen LogP contribution in [0.1, 0.15) is 34.3 Å². The summed E-state index contributed by atoms with van der Waals surface area (Å²) in [6.45, 7) is 1.21. The molecule has 1 spiro atoms. The molecule has 0 unspecified atom stereocenters. The molecule has 0 radical (unpaired) electrons. The standard InChI is InChI=1S/C18H15FO3/c19-15-3-1-2-13-16(15)12-5-4-11(17(20)21)10-14(12)18(13)6-8-22-9-7-18/h1-5,10H,6-9H2,(H,20,21). The fraction of sp³-hybridized carbons (Fsp3) is 0.278. The summed E-state index contributed by atoms with van der Waals surface area (Å²) in [5.74, 6) is -1.20. The molecule has 1 aliphatic carbocycles. The number of carbonyl (C=O) groups is 1. The third-order valence-corrected chi connectivity index (χ3v) is 4.93. The minimum absolute atomic E-state index is 0.245. The van der Waals surface area contributed by atoms with Crippen LogP contribution in [0.3, 0.4) is 0 Å². The Morgan fingerprint density at radius 2 is 1.91 bits per heavy atom. The molecule has 1 fully saturated rings. The summed E-state index contributed by atoms with van der Waals surface area (Å²) in [4.78, 5) is 11.3. The van der Waals surface area contributed by atoms with Crippen molar-refractivity contribution in [1.29, 1.82) is 0 Å². The Kier molecular flexibility index (Phi) is 2.84. The van der Waals surface area contributed by atoms with Crippen molar-refractivity contribution in [2.75, 3.05) is 13.2 Å². The van der Waals surface area contributed by atoms with Gasteiger partial charge in [-0.1, -0.05) is 18.2 Å². The molecule has 0 bridgehead atoms. The number of fused-ring (bicyclic) bond motifs is 5. The van der Waals surface area contributed by atoms with Crippen molar-refractivity contribution in [2.24, 2.45) is 0 Å². The van der Waals surface area contributed by atoms with Gasteiger partial charge in [0.1, 0.15) is 5.82 Å². The first-order chi connectivity index (χ1) is 10.6. The first-order valence-corrected chi connectivity index (χ1v) is 7.38. The van der Waals surface area contributed by atoms with E-state index < -0.39 is 5.97 Å². The van der Waals surface area contributed by atoms with E-state index in [1.165, 1.54) is 6.07 Å². The molecule has 22 heavy (non-hydrogen) atoms. The summed E-state index contributed by atoms with van der Waals surface area (Å²) >= 11 is 0. The molecule has 0 amide bonds. The molecule has 2 aromatic rings. The van der Waals surface area contributed by atoms with E-state index in [1.54, 1.807) is 24.3 Å². The summed E-state index contributed by atoms with van der Waals surface area (Å²) < 4.78 is 19.9. The highest BCUT2D eigenvalue weighted by Crippen LogP contribution is 2.54. The maximum Gasteiger partial charge on any atom is 0.335 e. The zero-order valence-corrected chi connectivity index (χ0v) is 11.9. The summed E-state index contributed by atoms with van der Waals surface area (Å²) in [6, 6.07) is 10.2. The lowest BCUT2D eigenvalue weighted by atomic mass is 9.72. The zero-order chi connectivity index (χ0) is 15.3. The number of hydrogen-bond acceptors (Lipinski definition) is 2. The van der Waals surface area contributed by atoms with Gasteiger partial charge in [0.15, 0.2) is 0 Å². The lowest BCUT2D eigenvalue weighted by Gasteiger charge is -2.35. The molecular weight excluding hydrogens is 283 g/mol. The topological polar surface area (TPSA) is 46.5 Å². The normalized spacial score (nSPS) is 18.0. The van der Waals surface area contributed by atoms with Crippen LogP contribution < -0.4 is 0 Å². The first kappa shape index (κ1) is 13.5. The monoisotopic (exact) mass is 298 g/mol. The average molecular weight is 298 g/mol. The van der Waals surface area contributed by atoms with Crippen molar-refractivity contribution in [1.82, 2.24) is 0 Å². The van der Waals surface area contributed by atoms with Crippen LogP contribution in [0.5, 0.6) is 0 Å². The van der Waals surface area contributed by atoms with E-state index in [9.17, 15) is 14.3 Å². The predicted molar refractivity (Wildman–Crippen MR) is 79.6 cm³/mol. The molecule has 2 aliphatic rings. The van der Waals surface area contributed by atoms with Crippen LogP contribution >= 0.6 is 0 Å². The van der Waals surface area contributed by atoms with E-state index in [1.807, 2.05) is 6.07 Å². The highest BCUT2D eigenvalue weighted by molar-refractivity contribution is 5.91. The van der Waals surface area contributed by atoms with Crippen molar-refractivity contribution >= 4 is 5.97 Å². The van der Waals surface area contributed by atoms with Gasteiger partial charge < -0.3 is 9.84 Å². The SMILES string of the molecule is O=C(O)c1ccc2c(c1)C1(CCOCC1)c1cccc(F)c1-2. The molecule has 112 valence electrons. The van der Waals surface area contributed by atoms with Gasteiger partial charge in [-0.15, -0.1) is 0 Å². The van der Waals surface area contributed by atoms with Gasteiger partial charge in [-0.2, -0.15) is 0 Å². The lowest BCUT2D eigenvalue weighted by Crippen LogP contribution is -2.33. The number of benzene rings is 2. The predicted octanol–water partition coefficient (Wildman–Crippen LogP) is 3.60. The van der Waals surface area contributed by atoms with Gasteiger partial charge in [-0.3, -0.25) is 0 Å². The Bertz CT molecular complexity index is 776. The maximum atomic E-state index is 14.4. The Morgan fingerprint density at radius 3 is 2.64 bits per heavy atom. The minimum Gasteiger partial charge on any atom is -0.478 e. The van der Waals surface area contributed by atoms with Crippen LogP contribution in [-0.4, -0.2) is 24.3 Å². The molecule has 1 heterocycles. The number of hydrogen-bond donors (Lipinski definition) is 1. The fourth-order valence-corrected chi connectivity index (χ4v) is 3.89. The van der Waals surface area contributed by atoms with E-state index in [4.69, 9.17) is 4.74 Å². The molecular formula is C18H15FO3. The van der Waals surface area contributed by atoms with Crippen molar-refractivity contribution < 1.29 is 19.0 Å². The highest BCUT2D eigenvalue weighted by Gasteiger charge is 2.45. The number of carboxylic acids is 1. The third kappa shape index (κ3) is 1.67. The molecule has 1 N–H and O–H groups in total. The minimum atomic E-state index is -0.957. The van der Waals surface area contributed by atoms with Crippen LogP contribution in [0.2, 0.25) is 0 Å². The first-order valence-electron chi connectivity index (χ1n) is 7.38. The molecule has 4 heteroatoms. The van der Waals surface area contributed by atoms with Gasteiger partial charge in [0, 0.05) is 24.2 Å². The van der Waals surface area contributed by atoms with Gasteiger partial charge in [0.25, 0.3) is 0 Å². The molecule has 4 rings (SSSR count). The van der Waals surface area contributed by atoms with Crippen molar-refractivity contribution in [2.45, 2.75) is 18.3 Å². The van der Waals surface area contributed by atoms with E-state index in [0.717, 1.165) is 29.5 Å². The second-order valence-corrected chi connectivity index (χ2v) is 5.92. The number of halogens is 1. The largest absolute Gasteiger partial charge is 0.478 e. The Balaban J connectivity index is 2.03. The number of ether oxygens (including phenoxy) is 1. The van der Waals surface area contributed by atoms with Crippen molar-refractivity contribution in [3.8, 4) is 11.1 Å². The molecule has 2 aromatic carbocycles. The van der Waals surface area contributed by atoms with Crippen LogP contribution in [0, 0.1) is 5.82 Å². The average Bonchev–Trinajstić information content (AvgIpc) is 2.79. The van der Waals surface area contributed by atoms with Gasteiger partial charge in [0.05, 0.1) is 5.56 Å². The van der Waals surface area contributed by atoms with Crippen molar-refractivity contribution in [3.63, 3.8) is 0 Å². The van der Waals surface area contributed by atoms with Crippen LogP contribution in [-0.2, 0) is 10.2 Å². The Hall–Kier alpha value is -2.20. The molecule has 0 aromatic heterocycles. The quantitative estimate of drug-likeness (QED) is 0.875.